The van der Waals surface area contributed by atoms with E-state index in [1.54, 1.807) is 0 Å². The molecule has 1 aromatic heterocycles. The van der Waals surface area contributed by atoms with Crippen molar-refractivity contribution in [3.63, 3.8) is 0 Å². The lowest BCUT2D eigenvalue weighted by atomic mass is 10.1. The third kappa shape index (κ3) is 2.82. The molecule has 0 aliphatic rings. The van der Waals surface area contributed by atoms with Crippen molar-refractivity contribution in [2.75, 3.05) is 32.6 Å². The second kappa shape index (κ2) is 5.76. The van der Waals surface area contributed by atoms with Crippen LogP contribution in [0.5, 0.6) is 0 Å². The number of aromatic nitrogens is 1. The molecule has 1 aromatic carbocycles. The molecule has 0 spiro atoms. The molecule has 3 nitrogen and oxygen atoms in total. The summed E-state index contributed by atoms with van der Waals surface area (Å²) in [6.07, 6.45) is 0.916. The quantitative estimate of drug-likeness (QED) is 0.931. The molecule has 2 aromatic rings. The van der Waals surface area contributed by atoms with Crippen LogP contribution in [0.25, 0.3) is 10.9 Å². The van der Waals surface area contributed by atoms with Crippen molar-refractivity contribution < 1.29 is 0 Å². The molecule has 0 unspecified atom stereocenters. The molecule has 1 heterocycles. The van der Waals surface area contributed by atoms with Crippen LogP contribution in [0.1, 0.15) is 11.3 Å². The molecule has 0 amide bonds. The Morgan fingerprint density at radius 3 is 2.68 bits per heavy atom. The molecule has 0 aliphatic heterocycles. The summed E-state index contributed by atoms with van der Waals surface area (Å²) in [7, 11) is 6.03. The molecule has 0 saturated carbocycles. The predicted octanol–water partition coefficient (Wildman–Crippen LogP) is 3.02. The molecule has 1 N–H and O–H groups in total. The lowest BCUT2D eigenvalue weighted by molar-refractivity contribution is 0.778. The smallest absolute Gasteiger partial charge is 0.0770 e. The zero-order chi connectivity index (χ0) is 14.0. The van der Waals surface area contributed by atoms with E-state index in [9.17, 15) is 0 Å². The molecule has 0 bridgehead atoms. The van der Waals surface area contributed by atoms with E-state index >= 15 is 0 Å². The van der Waals surface area contributed by atoms with E-state index in [0.717, 1.165) is 45.8 Å². The van der Waals surface area contributed by atoms with Gasteiger partial charge in [-0.1, -0.05) is 17.7 Å². The molecular weight excluding hydrogens is 258 g/mol. The van der Waals surface area contributed by atoms with Crippen molar-refractivity contribution in [3.8, 4) is 0 Å². The van der Waals surface area contributed by atoms with Crippen LogP contribution in [0.4, 0.5) is 5.69 Å². The van der Waals surface area contributed by atoms with Crippen LogP contribution in [0.15, 0.2) is 18.2 Å². The first-order valence-corrected chi connectivity index (χ1v) is 6.83. The monoisotopic (exact) mass is 277 g/mol. The molecule has 0 radical (unpaired) electrons. The van der Waals surface area contributed by atoms with Gasteiger partial charge in [0, 0.05) is 43.8 Å². The number of hydrogen-bond donors (Lipinski definition) is 1. The maximum atomic E-state index is 6.36. The summed E-state index contributed by atoms with van der Waals surface area (Å²) < 4.78 is 0. The highest BCUT2D eigenvalue weighted by Crippen LogP contribution is 2.33. The number of aryl methyl sites for hydroxylation is 1. The van der Waals surface area contributed by atoms with E-state index in [1.165, 1.54) is 0 Å². The fraction of sp³-hybridized carbons (Fsp3) is 0.400. The average molecular weight is 278 g/mol. The zero-order valence-corrected chi connectivity index (χ0v) is 12.7. The van der Waals surface area contributed by atoms with E-state index in [2.05, 4.69) is 23.2 Å². The summed E-state index contributed by atoms with van der Waals surface area (Å²) in [6.45, 7) is 3.00. The van der Waals surface area contributed by atoms with Gasteiger partial charge in [0.2, 0.25) is 0 Å². The number of rotatable bonds is 4. The normalized spacial score (nSPS) is 11.0. The highest BCUT2D eigenvalue weighted by Gasteiger charge is 2.12. The van der Waals surface area contributed by atoms with Gasteiger partial charge in [-0.15, -0.1) is 0 Å². The van der Waals surface area contributed by atoms with Crippen molar-refractivity contribution >= 4 is 28.2 Å². The number of likely N-dealkylation sites (N-methyl/N-ethyl adjacent to an activating group) is 1. The Balaban J connectivity index is 2.68. The number of halogens is 1. The van der Waals surface area contributed by atoms with E-state index in [4.69, 9.17) is 16.6 Å². The number of benzene rings is 1. The van der Waals surface area contributed by atoms with Crippen LogP contribution in [-0.4, -0.2) is 32.7 Å². The van der Waals surface area contributed by atoms with E-state index in [0.29, 0.717) is 0 Å². The lowest BCUT2D eigenvalue weighted by Gasteiger charge is -2.18. The van der Waals surface area contributed by atoms with Crippen LogP contribution < -0.4 is 10.2 Å². The zero-order valence-electron chi connectivity index (χ0n) is 11.9. The van der Waals surface area contributed by atoms with Gasteiger partial charge in [0.1, 0.15) is 0 Å². The van der Waals surface area contributed by atoms with Gasteiger partial charge in [0.05, 0.1) is 10.5 Å². The number of anilines is 1. The number of nitrogens with one attached hydrogen (secondary N) is 1. The van der Waals surface area contributed by atoms with Crippen LogP contribution in [0.3, 0.4) is 0 Å². The Morgan fingerprint density at radius 2 is 2.05 bits per heavy atom. The van der Waals surface area contributed by atoms with Gasteiger partial charge in [0.15, 0.2) is 0 Å². The third-order valence-electron chi connectivity index (χ3n) is 3.26. The van der Waals surface area contributed by atoms with Gasteiger partial charge < -0.3 is 10.2 Å². The first-order chi connectivity index (χ1) is 9.04. The molecule has 0 aliphatic carbocycles. The van der Waals surface area contributed by atoms with Gasteiger partial charge >= 0.3 is 0 Å². The Labute approximate surface area is 119 Å². The standard InChI is InChI=1S/C15H20ClN3/c1-10-5-6-12(16)14-13(19(3)4)9-11(7-8-17-2)18-15(10)14/h5-6,9,17H,7-8H2,1-4H3. The molecule has 0 saturated heterocycles. The van der Waals surface area contributed by atoms with Gasteiger partial charge in [-0.2, -0.15) is 0 Å². The summed E-state index contributed by atoms with van der Waals surface area (Å²) in [5.41, 5.74) is 4.39. The SMILES string of the molecule is CNCCc1cc(N(C)C)c2c(Cl)ccc(C)c2n1. The first-order valence-electron chi connectivity index (χ1n) is 6.45. The van der Waals surface area contributed by atoms with Crippen LogP contribution in [0.2, 0.25) is 5.02 Å². The Morgan fingerprint density at radius 1 is 1.32 bits per heavy atom. The lowest BCUT2D eigenvalue weighted by Crippen LogP contribution is -2.14. The van der Waals surface area contributed by atoms with Crippen molar-refractivity contribution in [2.24, 2.45) is 0 Å². The molecule has 102 valence electrons. The summed E-state index contributed by atoms with van der Waals surface area (Å²) in [5, 5.41) is 4.96. The van der Waals surface area contributed by atoms with Crippen LogP contribution >= 0.6 is 11.6 Å². The largest absolute Gasteiger partial charge is 0.377 e. The van der Waals surface area contributed by atoms with Crippen molar-refractivity contribution in [3.05, 3.63) is 34.5 Å². The van der Waals surface area contributed by atoms with Gasteiger partial charge in [0.25, 0.3) is 0 Å². The fourth-order valence-electron chi connectivity index (χ4n) is 2.20. The highest BCUT2D eigenvalue weighted by atomic mass is 35.5. The van der Waals surface area contributed by atoms with Gasteiger partial charge in [-0.05, 0) is 31.7 Å². The second-order valence-corrected chi connectivity index (χ2v) is 5.38. The van der Waals surface area contributed by atoms with Crippen molar-refractivity contribution in [1.29, 1.82) is 0 Å². The van der Waals surface area contributed by atoms with E-state index in [-0.39, 0.29) is 0 Å². The maximum absolute atomic E-state index is 6.36. The number of pyridine rings is 1. The first kappa shape index (κ1) is 14.1. The van der Waals surface area contributed by atoms with Crippen LogP contribution in [0, 0.1) is 6.92 Å². The average Bonchev–Trinajstić information content (AvgIpc) is 2.39. The van der Waals surface area contributed by atoms with Gasteiger partial charge in [-0.3, -0.25) is 4.98 Å². The summed E-state index contributed by atoms with van der Waals surface area (Å²) >= 11 is 6.36. The topological polar surface area (TPSA) is 28.2 Å². The molecule has 2 rings (SSSR count). The van der Waals surface area contributed by atoms with E-state index in [1.807, 2.05) is 33.3 Å². The van der Waals surface area contributed by atoms with Crippen molar-refractivity contribution in [1.82, 2.24) is 10.3 Å². The molecule has 19 heavy (non-hydrogen) atoms. The highest BCUT2D eigenvalue weighted by molar-refractivity contribution is 6.36. The molecule has 0 fully saturated rings. The third-order valence-corrected chi connectivity index (χ3v) is 3.57. The summed E-state index contributed by atoms with van der Waals surface area (Å²) in [4.78, 5) is 6.86. The number of hydrogen-bond acceptors (Lipinski definition) is 3. The minimum absolute atomic E-state index is 0.761. The van der Waals surface area contributed by atoms with Gasteiger partial charge in [-0.25, -0.2) is 0 Å². The second-order valence-electron chi connectivity index (χ2n) is 4.97. The predicted molar refractivity (Wildman–Crippen MR) is 83.4 cm³/mol. The number of nitrogens with zero attached hydrogens (tertiary/aromatic N) is 2. The fourth-order valence-corrected chi connectivity index (χ4v) is 2.45. The minimum atomic E-state index is 0.761. The summed E-state index contributed by atoms with van der Waals surface area (Å²) in [6, 6.07) is 6.10. The minimum Gasteiger partial charge on any atom is -0.377 e. The van der Waals surface area contributed by atoms with E-state index < -0.39 is 0 Å². The van der Waals surface area contributed by atoms with Crippen LogP contribution in [-0.2, 0) is 6.42 Å². The summed E-state index contributed by atoms with van der Waals surface area (Å²) in [5.74, 6) is 0. The number of fused-ring (bicyclic) bond motifs is 1. The molecule has 4 heteroatoms. The molecular formula is C15H20ClN3. The Hall–Kier alpha value is -1.32. The van der Waals surface area contributed by atoms with Crippen molar-refractivity contribution in [2.45, 2.75) is 13.3 Å². The molecule has 0 atom stereocenters. The Bertz CT molecular complexity index is 593. The Kier molecular flexibility index (Phi) is 4.27. The maximum Gasteiger partial charge on any atom is 0.0770 e.